The Hall–Kier alpha value is -1.28. The van der Waals surface area contributed by atoms with Crippen molar-refractivity contribution < 1.29 is 9.53 Å². The lowest BCUT2D eigenvalue weighted by Gasteiger charge is -2.23. The number of alkyl halides is 1. The van der Waals surface area contributed by atoms with Gasteiger partial charge in [0.05, 0.1) is 12.5 Å². The molecule has 0 aromatic heterocycles. The second-order valence-electron chi connectivity index (χ2n) is 4.82. The molecule has 0 N–H and O–H groups in total. The van der Waals surface area contributed by atoms with Crippen LogP contribution >= 0.6 is 11.6 Å². The van der Waals surface area contributed by atoms with E-state index in [1.807, 2.05) is 30.3 Å². The highest BCUT2D eigenvalue weighted by Gasteiger charge is 2.28. The Bertz CT molecular complexity index is 479. The van der Waals surface area contributed by atoms with E-state index >= 15 is 0 Å². The third-order valence-corrected chi connectivity index (χ3v) is 3.59. The van der Waals surface area contributed by atoms with Gasteiger partial charge in [0.1, 0.15) is 5.75 Å². The Morgan fingerprint density at radius 1 is 1.44 bits per heavy atom. The number of carbonyl (C=O) groups is 1. The summed E-state index contributed by atoms with van der Waals surface area (Å²) in [6, 6.07) is 7.69. The van der Waals surface area contributed by atoms with Crippen LogP contribution in [0.2, 0.25) is 0 Å². The predicted molar refractivity (Wildman–Crippen MR) is 74.0 cm³/mol. The molecule has 0 bridgehead atoms. The van der Waals surface area contributed by atoms with Crippen molar-refractivity contribution in [2.75, 3.05) is 7.11 Å². The SMILES string of the molecule is COc1cccc(C=C2CC(C)CC(Cl)C2=O)c1. The molecule has 0 saturated heterocycles. The van der Waals surface area contributed by atoms with E-state index in [1.165, 1.54) is 0 Å². The van der Waals surface area contributed by atoms with E-state index in [1.54, 1.807) is 7.11 Å². The molecule has 1 saturated carbocycles. The second-order valence-corrected chi connectivity index (χ2v) is 5.35. The lowest BCUT2D eigenvalue weighted by Crippen LogP contribution is -2.26. The van der Waals surface area contributed by atoms with Gasteiger partial charge in [-0.3, -0.25) is 4.79 Å². The fourth-order valence-corrected chi connectivity index (χ4v) is 2.73. The molecular weight excluding hydrogens is 248 g/mol. The first kappa shape index (κ1) is 13.2. The number of carbonyl (C=O) groups excluding carboxylic acids is 1. The first-order valence-electron chi connectivity index (χ1n) is 6.13. The van der Waals surface area contributed by atoms with Gasteiger partial charge in [-0.2, -0.15) is 0 Å². The highest BCUT2D eigenvalue weighted by Crippen LogP contribution is 2.30. The molecule has 2 atom stereocenters. The lowest BCUT2D eigenvalue weighted by molar-refractivity contribution is -0.116. The molecule has 1 aromatic carbocycles. The van der Waals surface area contributed by atoms with Crippen molar-refractivity contribution >= 4 is 23.5 Å². The van der Waals surface area contributed by atoms with Crippen LogP contribution in [0.1, 0.15) is 25.3 Å². The summed E-state index contributed by atoms with van der Waals surface area (Å²) in [7, 11) is 1.63. The monoisotopic (exact) mass is 264 g/mol. The van der Waals surface area contributed by atoms with Crippen molar-refractivity contribution in [1.82, 2.24) is 0 Å². The molecule has 2 nitrogen and oxygen atoms in total. The van der Waals surface area contributed by atoms with Crippen LogP contribution in [0.15, 0.2) is 29.8 Å². The number of benzene rings is 1. The fourth-order valence-electron chi connectivity index (χ4n) is 2.28. The normalized spacial score (nSPS) is 26.4. The smallest absolute Gasteiger partial charge is 0.176 e. The van der Waals surface area contributed by atoms with E-state index in [4.69, 9.17) is 16.3 Å². The van der Waals surface area contributed by atoms with Crippen LogP contribution in [0, 0.1) is 5.92 Å². The Kier molecular flexibility index (Phi) is 4.07. The van der Waals surface area contributed by atoms with Gasteiger partial charge >= 0.3 is 0 Å². The maximum absolute atomic E-state index is 12.0. The zero-order chi connectivity index (χ0) is 13.1. The highest BCUT2D eigenvalue weighted by molar-refractivity contribution is 6.34. The van der Waals surface area contributed by atoms with Crippen molar-refractivity contribution in [2.45, 2.75) is 25.1 Å². The number of hydrogen-bond acceptors (Lipinski definition) is 2. The van der Waals surface area contributed by atoms with Crippen LogP contribution in [0.3, 0.4) is 0 Å². The van der Waals surface area contributed by atoms with Crippen molar-refractivity contribution in [3.05, 3.63) is 35.4 Å². The molecule has 0 amide bonds. The van der Waals surface area contributed by atoms with Crippen LogP contribution in [0.5, 0.6) is 5.75 Å². The molecular formula is C15H17ClO2. The minimum absolute atomic E-state index is 0.0672. The van der Waals surface area contributed by atoms with Gasteiger partial charge in [-0.15, -0.1) is 11.6 Å². The first-order valence-corrected chi connectivity index (χ1v) is 6.56. The van der Waals surface area contributed by atoms with Gasteiger partial charge in [0.25, 0.3) is 0 Å². The Morgan fingerprint density at radius 2 is 2.22 bits per heavy atom. The zero-order valence-corrected chi connectivity index (χ0v) is 11.4. The summed E-state index contributed by atoms with van der Waals surface area (Å²) in [5.41, 5.74) is 1.80. The largest absolute Gasteiger partial charge is 0.497 e. The van der Waals surface area contributed by atoms with Gasteiger partial charge in [0.15, 0.2) is 5.78 Å². The van der Waals surface area contributed by atoms with Gasteiger partial charge < -0.3 is 4.74 Å². The Labute approximate surface area is 113 Å². The van der Waals surface area contributed by atoms with Crippen LogP contribution in [0.25, 0.3) is 6.08 Å². The van der Waals surface area contributed by atoms with Crippen molar-refractivity contribution in [3.8, 4) is 5.75 Å². The van der Waals surface area contributed by atoms with Gasteiger partial charge in [-0.1, -0.05) is 19.1 Å². The van der Waals surface area contributed by atoms with E-state index in [0.717, 1.165) is 29.7 Å². The van der Waals surface area contributed by atoms with Crippen molar-refractivity contribution in [3.63, 3.8) is 0 Å². The second kappa shape index (κ2) is 5.57. The Balaban J connectivity index is 2.28. The minimum atomic E-state index is -0.370. The Morgan fingerprint density at radius 3 is 2.94 bits per heavy atom. The average Bonchev–Trinajstić information content (AvgIpc) is 2.35. The standard InChI is InChI=1S/C15H17ClO2/c1-10-6-12(15(17)14(16)7-10)8-11-4-3-5-13(9-11)18-2/h3-5,8-10,14H,6-7H2,1-2H3. The third-order valence-electron chi connectivity index (χ3n) is 3.21. The van der Waals surface area contributed by atoms with E-state index in [0.29, 0.717) is 5.92 Å². The fraction of sp³-hybridized carbons (Fsp3) is 0.400. The summed E-state index contributed by atoms with van der Waals surface area (Å²) < 4.78 is 5.17. The third kappa shape index (κ3) is 2.94. The molecule has 0 heterocycles. The molecule has 3 heteroatoms. The van der Waals surface area contributed by atoms with Crippen molar-refractivity contribution in [1.29, 1.82) is 0 Å². The number of halogens is 1. The summed E-state index contributed by atoms with van der Waals surface area (Å²) in [5.74, 6) is 1.32. The number of ketones is 1. The number of ether oxygens (including phenoxy) is 1. The number of hydrogen-bond donors (Lipinski definition) is 0. The molecule has 18 heavy (non-hydrogen) atoms. The summed E-state index contributed by atoms with van der Waals surface area (Å²) in [6.07, 6.45) is 3.50. The van der Waals surface area contributed by atoms with Crippen LogP contribution in [-0.2, 0) is 4.79 Å². The average molecular weight is 265 g/mol. The van der Waals surface area contributed by atoms with E-state index < -0.39 is 0 Å². The van der Waals surface area contributed by atoms with Gasteiger partial charge in [-0.25, -0.2) is 0 Å². The van der Waals surface area contributed by atoms with Gasteiger partial charge in [0.2, 0.25) is 0 Å². The van der Waals surface area contributed by atoms with E-state index in [9.17, 15) is 4.79 Å². The molecule has 2 unspecified atom stereocenters. The molecule has 1 aromatic rings. The predicted octanol–water partition coefficient (Wildman–Crippen LogP) is 3.69. The van der Waals surface area contributed by atoms with E-state index in [2.05, 4.69) is 6.92 Å². The first-order chi connectivity index (χ1) is 8.60. The van der Waals surface area contributed by atoms with Gasteiger partial charge in [0, 0.05) is 0 Å². The number of rotatable bonds is 2. The van der Waals surface area contributed by atoms with Crippen LogP contribution in [-0.4, -0.2) is 18.3 Å². The molecule has 0 spiro atoms. The molecule has 0 aliphatic heterocycles. The lowest BCUT2D eigenvalue weighted by atomic mass is 9.84. The molecule has 0 radical (unpaired) electrons. The van der Waals surface area contributed by atoms with Crippen LogP contribution in [0.4, 0.5) is 0 Å². The maximum Gasteiger partial charge on any atom is 0.176 e. The number of allylic oxidation sites excluding steroid dienone is 1. The molecule has 1 aliphatic carbocycles. The molecule has 96 valence electrons. The molecule has 1 aliphatic rings. The topological polar surface area (TPSA) is 26.3 Å². The van der Waals surface area contributed by atoms with Crippen LogP contribution < -0.4 is 4.74 Å². The van der Waals surface area contributed by atoms with Gasteiger partial charge in [-0.05, 0) is 48.1 Å². The summed E-state index contributed by atoms with van der Waals surface area (Å²) in [5, 5.41) is -0.370. The minimum Gasteiger partial charge on any atom is -0.497 e. The number of methoxy groups -OCH3 is 1. The quantitative estimate of drug-likeness (QED) is 0.602. The van der Waals surface area contributed by atoms with Crippen molar-refractivity contribution in [2.24, 2.45) is 5.92 Å². The zero-order valence-electron chi connectivity index (χ0n) is 10.7. The molecule has 1 fully saturated rings. The highest BCUT2D eigenvalue weighted by atomic mass is 35.5. The maximum atomic E-state index is 12.0. The summed E-state index contributed by atoms with van der Waals surface area (Å²) in [6.45, 7) is 2.13. The molecule has 2 rings (SSSR count). The summed E-state index contributed by atoms with van der Waals surface area (Å²) in [4.78, 5) is 12.0. The van der Waals surface area contributed by atoms with E-state index in [-0.39, 0.29) is 11.2 Å². The number of Topliss-reactive ketones (excluding diaryl/α,β-unsaturated/α-hetero) is 1. The summed E-state index contributed by atoms with van der Waals surface area (Å²) >= 11 is 6.07.